The zero-order valence-corrected chi connectivity index (χ0v) is 36.6. The van der Waals surface area contributed by atoms with Gasteiger partial charge in [-0.25, -0.2) is 4.98 Å². The first kappa shape index (κ1) is 44.4. The Morgan fingerprint density at radius 3 is 2.35 bits per heavy atom. The van der Waals surface area contributed by atoms with Crippen molar-refractivity contribution < 1.29 is 48.7 Å². The number of esters is 1. The van der Waals surface area contributed by atoms with E-state index in [0.29, 0.717) is 5.52 Å². The summed E-state index contributed by atoms with van der Waals surface area (Å²) in [6.45, 7) is 16.9. The van der Waals surface area contributed by atoms with Gasteiger partial charge in [-0.1, -0.05) is 65.8 Å². The van der Waals surface area contributed by atoms with Gasteiger partial charge in [-0.05, 0) is 43.5 Å². The van der Waals surface area contributed by atoms with Gasteiger partial charge in [-0.3, -0.25) is 19.2 Å². The molecule has 6 rings (SSSR count). The van der Waals surface area contributed by atoms with E-state index in [2.05, 4.69) is 19.2 Å². The van der Waals surface area contributed by atoms with Crippen LogP contribution in [0.5, 0.6) is 11.5 Å². The number of allylic oxidation sites excluding steroid dienone is 2. The Balaban J connectivity index is 1.60. The molecular weight excluding hydrogens is 789 g/mol. The fraction of sp³-hybridized carbons (Fsp3) is 0.457. The number of benzene rings is 3. The van der Waals surface area contributed by atoms with E-state index in [-0.39, 0.29) is 55.4 Å². The molecule has 0 spiro atoms. The van der Waals surface area contributed by atoms with Crippen LogP contribution >= 0.6 is 11.3 Å². The number of hydrogen-bond donors (Lipinski definition) is 4. The number of Topliss-reactive ketones (excluding diaryl/α,β-unsaturated/α-hetero) is 1. The van der Waals surface area contributed by atoms with Crippen LogP contribution in [0.2, 0.25) is 0 Å². The second kappa shape index (κ2) is 17.1. The van der Waals surface area contributed by atoms with Gasteiger partial charge in [0.05, 0.1) is 56.3 Å². The lowest BCUT2D eigenvalue weighted by atomic mass is 9.78. The van der Waals surface area contributed by atoms with Crippen LogP contribution in [0.4, 0.5) is 5.69 Å². The molecule has 2 aromatic carbocycles. The van der Waals surface area contributed by atoms with Crippen LogP contribution in [0.15, 0.2) is 59.1 Å². The maximum absolute atomic E-state index is 14.7. The molecule has 0 radical (unpaired) electrons. The minimum atomic E-state index is -1.98. The van der Waals surface area contributed by atoms with Crippen molar-refractivity contribution in [3.05, 3.63) is 81.3 Å². The van der Waals surface area contributed by atoms with E-state index in [1.165, 1.54) is 51.6 Å². The molecule has 3 heterocycles. The zero-order valence-electron chi connectivity index (χ0n) is 35.8. The number of aliphatic hydroxyl groups excluding tert-OH is 2. The van der Waals surface area contributed by atoms with Crippen LogP contribution in [0, 0.1) is 30.6 Å². The summed E-state index contributed by atoms with van der Waals surface area (Å²) in [5.41, 5.74) is 1.31. The fourth-order valence-electron chi connectivity index (χ4n) is 8.18. The van der Waals surface area contributed by atoms with Gasteiger partial charge in [0.15, 0.2) is 0 Å². The molecule has 0 saturated carbocycles. The molecule has 14 heteroatoms. The molecule has 9 atom stereocenters. The quantitative estimate of drug-likeness (QED) is 0.0902. The van der Waals surface area contributed by atoms with Crippen LogP contribution in [0.3, 0.4) is 0 Å². The number of rotatable bonds is 3. The number of ketones is 1. The van der Waals surface area contributed by atoms with E-state index in [0.717, 1.165) is 10.3 Å². The van der Waals surface area contributed by atoms with Gasteiger partial charge in [-0.2, -0.15) is 0 Å². The Morgan fingerprint density at radius 1 is 1.00 bits per heavy atom. The number of ether oxygens (including phenoxy) is 4. The van der Waals surface area contributed by atoms with Crippen LogP contribution in [0.25, 0.3) is 31.6 Å². The third-order valence-electron chi connectivity index (χ3n) is 12.0. The normalized spacial score (nSPS) is 29.9. The average Bonchev–Trinajstić information content (AvgIpc) is 3.47. The number of nitrogens with one attached hydrogen (secondary N) is 1. The third kappa shape index (κ3) is 7.93. The molecule has 320 valence electrons. The van der Waals surface area contributed by atoms with E-state index in [4.69, 9.17) is 23.9 Å². The molecule has 0 unspecified atom stereocenters. The van der Waals surface area contributed by atoms with Crippen molar-refractivity contribution in [1.29, 1.82) is 0 Å². The van der Waals surface area contributed by atoms with Crippen LogP contribution in [-0.2, 0) is 23.8 Å². The molecule has 13 nitrogen and oxygen atoms in total. The van der Waals surface area contributed by atoms with Crippen LogP contribution in [0.1, 0.15) is 89.7 Å². The number of carbonyl (C=O) groups is 3. The summed E-state index contributed by atoms with van der Waals surface area (Å²) in [7, 11) is 1.46. The van der Waals surface area contributed by atoms with Crippen molar-refractivity contribution in [2.24, 2.45) is 23.7 Å². The molecule has 1 aliphatic carbocycles. The summed E-state index contributed by atoms with van der Waals surface area (Å²) in [6, 6.07) is 5.80. The number of carbonyl (C=O) groups excluding carboxylic acids is 3. The molecule has 2 aromatic rings. The Bertz CT molecular complexity index is 2490. The lowest BCUT2D eigenvalue weighted by Gasteiger charge is -2.38. The topological polar surface area (TPSA) is 191 Å². The number of phenols is 1. The van der Waals surface area contributed by atoms with Gasteiger partial charge in [0.1, 0.15) is 23.3 Å². The van der Waals surface area contributed by atoms with E-state index in [1.54, 1.807) is 52.8 Å². The summed E-state index contributed by atoms with van der Waals surface area (Å²) in [5.74, 6) is -6.46. The SMILES string of the molecule is CO[C@H]1/C=C/O[C@@]2(C)Oc3c(C)c(O)c4c(=O)c(c5sc6cc(C(C)C)ccc6nc-5c4c3C2=O)NC(=O)/C(C)=C\C=C\[C@H](C)[C@H](O)[C@@H](C)[C@@H](O)[C@@H](C)[C@H](OC(C)=O)[C@@H]1C. The summed E-state index contributed by atoms with van der Waals surface area (Å²) in [6.07, 6.45) is 3.83. The number of aromatic nitrogens is 1. The number of fused-ring (bicyclic) bond motifs is 2. The summed E-state index contributed by atoms with van der Waals surface area (Å²) < 4.78 is 24.6. The van der Waals surface area contributed by atoms with Crippen molar-refractivity contribution in [3.8, 4) is 22.1 Å². The summed E-state index contributed by atoms with van der Waals surface area (Å²) >= 11 is 1.23. The molecule has 60 heavy (non-hydrogen) atoms. The first-order valence-corrected chi connectivity index (χ1v) is 20.9. The minimum Gasteiger partial charge on any atom is -0.507 e. The van der Waals surface area contributed by atoms with E-state index < -0.39 is 82.7 Å². The highest BCUT2D eigenvalue weighted by Crippen LogP contribution is 2.51. The lowest BCUT2D eigenvalue weighted by molar-refractivity contribution is -0.160. The molecule has 0 saturated heterocycles. The van der Waals surface area contributed by atoms with Gasteiger partial charge in [-0.15, -0.1) is 11.3 Å². The van der Waals surface area contributed by atoms with Crippen molar-refractivity contribution in [3.63, 3.8) is 0 Å². The first-order valence-electron chi connectivity index (χ1n) is 20.1. The second-order valence-corrected chi connectivity index (χ2v) is 17.7. The highest BCUT2D eigenvalue weighted by molar-refractivity contribution is 7.22. The number of amides is 1. The van der Waals surface area contributed by atoms with E-state index >= 15 is 0 Å². The number of aromatic hydroxyl groups is 1. The monoisotopic (exact) mass is 842 g/mol. The smallest absolute Gasteiger partial charge is 0.312 e. The molecule has 0 aromatic heterocycles. The largest absolute Gasteiger partial charge is 0.507 e. The number of aliphatic hydroxyl groups is 2. The average molecular weight is 843 g/mol. The van der Waals surface area contributed by atoms with Crippen molar-refractivity contribution in [2.75, 3.05) is 12.4 Å². The Morgan fingerprint density at radius 2 is 1.70 bits per heavy atom. The lowest BCUT2D eigenvalue weighted by Crippen LogP contribution is -2.46. The van der Waals surface area contributed by atoms with Crippen molar-refractivity contribution in [2.45, 2.75) is 105 Å². The maximum atomic E-state index is 14.7. The van der Waals surface area contributed by atoms with Crippen molar-refractivity contribution in [1.82, 2.24) is 4.98 Å². The zero-order chi connectivity index (χ0) is 44.1. The first-order chi connectivity index (χ1) is 28.2. The second-order valence-electron chi connectivity index (χ2n) is 16.6. The minimum absolute atomic E-state index is 0.00970. The molecule has 4 aliphatic rings. The predicted molar refractivity (Wildman–Crippen MR) is 231 cm³/mol. The van der Waals surface area contributed by atoms with Gasteiger partial charge >= 0.3 is 11.8 Å². The maximum Gasteiger partial charge on any atom is 0.312 e. The number of anilines is 1. The fourth-order valence-corrected chi connectivity index (χ4v) is 9.30. The summed E-state index contributed by atoms with van der Waals surface area (Å²) in [4.78, 5) is 60.9. The molecule has 4 bridgehead atoms. The van der Waals surface area contributed by atoms with Crippen LogP contribution in [-0.4, -0.2) is 75.3 Å². The number of hydrogen-bond acceptors (Lipinski definition) is 13. The number of nitrogens with zero attached hydrogens (tertiary/aromatic N) is 1. The number of methoxy groups -OCH3 is 1. The van der Waals surface area contributed by atoms with Crippen LogP contribution < -0.4 is 15.5 Å². The Hall–Kier alpha value is -5.15. The molecular formula is C46H54N2O11S. The molecule has 4 N–H and O–H groups in total. The summed E-state index contributed by atoms with van der Waals surface area (Å²) in [5, 5.41) is 37.3. The standard InChI is InChI=1S/C46H54N2O11S/c1-20(2)28-15-16-29-31(19-28)60-43-35(47-29)32-33-39(52)26(8)42-34(32)44(54)46(10,59-42)57-18-17-30(56-11)23(5)41(58-27(9)49)25(7)38(51)24(6)37(50)21(3)13-12-14-22(4)45(55)48-36(43)40(33)53/h12-21,23-25,30,37-38,41,50-52H,1-11H3,(H,48,55)/b13-12+,18-17+,22-14-/t21-,23+,24+,25+,30-,37-,38+,41+,46-/m0/s1. The molecule has 3 aliphatic heterocycles. The Labute approximate surface area is 353 Å². The third-order valence-corrected chi connectivity index (χ3v) is 13.2. The van der Waals surface area contributed by atoms with Gasteiger partial charge in [0, 0.05) is 61.2 Å². The van der Waals surface area contributed by atoms with Gasteiger partial charge in [0.2, 0.25) is 5.43 Å². The van der Waals surface area contributed by atoms with E-state index in [1.807, 2.05) is 18.2 Å². The van der Waals surface area contributed by atoms with Gasteiger partial charge in [0.25, 0.3) is 11.7 Å². The Kier molecular flexibility index (Phi) is 12.6. The molecule has 0 fully saturated rings. The number of phenolic OH excluding ortho intramolecular Hbond substituents is 1. The van der Waals surface area contributed by atoms with E-state index in [9.17, 15) is 34.5 Å². The predicted octanol–water partition coefficient (Wildman–Crippen LogP) is 7.54. The molecule has 1 amide bonds. The van der Waals surface area contributed by atoms with Gasteiger partial charge < -0.3 is 39.6 Å². The highest BCUT2D eigenvalue weighted by Gasteiger charge is 2.50. The van der Waals surface area contributed by atoms with Crippen molar-refractivity contribution >= 4 is 55.7 Å². The highest BCUT2D eigenvalue weighted by atomic mass is 32.1.